The Kier molecular flexibility index (Phi) is 4.24. The van der Waals surface area contributed by atoms with Gasteiger partial charge in [0.2, 0.25) is 11.9 Å². The molecule has 0 bridgehead atoms. The Morgan fingerprint density at radius 2 is 2.30 bits per heavy atom. The molecule has 6 nitrogen and oxygen atoms in total. The Balaban J connectivity index is 2.06. The first kappa shape index (κ1) is 14.3. The minimum atomic E-state index is -0.0814. The number of aromatic nitrogens is 3. The van der Waals surface area contributed by atoms with Crippen LogP contribution in [-0.2, 0) is 11.3 Å². The van der Waals surface area contributed by atoms with Gasteiger partial charge in [0.15, 0.2) is 0 Å². The van der Waals surface area contributed by atoms with E-state index >= 15 is 0 Å². The minimum Gasteiger partial charge on any atom is -0.367 e. The van der Waals surface area contributed by atoms with Gasteiger partial charge in [-0.15, -0.1) is 5.10 Å². The molecule has 0 saturated heterocycles. The largest absolute Gasteiger partial charge is 0.367 e. The minimum absolute atomic E-state index is 0.0811. The lowest BCUT2D eigenvalue weighted by Gasteiger charge is -2.25. The molecule has 0 saturated carbocycles. The van der Waals surface area contributed by atoms with E-state index in [1.807, 2.05) is 25.1 Å². The van der Waals surface area contributed by atoms with E-state index in [4.69, 9.17) is 17.3 Å². The SMILES string of the molecule is CC(c1cccc(Cl)c1)N(C)C(=O)Cn1cnc(N)n1. The summed E-state index contributed by atoms with van der Waals surface area (Å²) in [5.74, 6) is 0.0747. The number of amides is 1. The van der Waals surface area contributed by atoms with Gasteiger partial charge in [-0.3, -0.25) is 4.79 Å². The third-order valence-electron chi connectivity index (χ3n) is 3.16. The van der Waals surface area contributed by atoms with Crippen LogP contribution in [0.1, 0.15) is 18.5 Å². The fraction of sp³-hybridized carbons (Fsp3) is 0.308. The van der Waals surface area contributed by atoms with Gasteiger partial charge in [0, 0.05) is 12.1 Å². The molecule has 1 unspecified atom stereocenters. The Labute approximate surface area is 122 Å². The van der Waals surface area contributed by atoms with Crippen LogP contribution in [-0.4, -0.2) is 32.6 Å². The van der Waals surface area contributed by atoms with Gasteiger partial charge in [0.25, 0.3) is 0 Å². The highest BCUT2D eigenvalue weighted by atomic mass is 35.5. The second-order valence-corrected chi connectivity index (χ2v) is 4.97. The van der Waals surface area contributed by atoms with Crippen LogP contribution in [0, 0.1) is 0 Å². The molecule has 0 fully saturated rings. The number of likely N-dealkylation sites (N-methyl/N-ethyl adjacent to an activating group) is 1. The van der Waals surface area contributed by atoms with Crippen molar-refractivity contribution in [2.45, 2.75) is 19.5 Å². The van der Waals surface area contributed by atoms with Crippen LogP contribution in [0.4, 0.5) is 5.95 Å². The quantitative estimate of drug-likeness (QED) is 0.931. The third-order valence-corrected chi connectivity index (χ3v) is 3.39. The van der Waals surface area contributed by atoms with Crippen LogP contribution < -0.4 is 5.73 Å². The summed E-state index contributed by atoms with van der Waals surface area (Å²) in [6.45, 7) is 2.05. The monoisotopic (exact) mass is 293 g/mol. The van der Waals surface area contributed by atoms with Gasteiger partial charge in [0.05, 0.1) is 6.04 Å². The topological polar surface area (TPSA) is 77.0 Å². The molecule has 2 rings (SSSR count). The molecule has 0 aliphatic rings. The molecular weight excluding hydrogens is 278 g/mol. The van der Waals surface area contributed by atoms with Gasteiger partial charge in [0.1, 0.15) is 12.9 Å². The van der Waals surface area contributed by atoms with Crippen LogP contribution in [0.3, 0.4) is 0 Å². The molecule has 1 atom stereocenters. The fourth-order valence-electron chi connectivity index (χ4n) is 1.84. The van der Waals surface area contributed by atoms with Gasteiger partial charge in [-0.1, -0.05) is 23.7 Å². The molecule has 2 N–H and O–H groups in total. The first-order valence-corrected chi connectivity index (χ1v) is 6.51. The normalized spacial score (nSPS) is 12.2. The number of hydrogen-bond donors (Lipinski definition) is 1. The maximum atomic E-state index is 12.2. The van der Waals surface area contributed by atoms with E-state index in [0.717, 1.165) is 5.56 Å². The predicted molar refractivity (Wildman–Crippen MR) is 77.1 cm³/mol. The van der Waals surface area contributed by atoms with Crippen molar-refractivity contribution in [2.75, 3.05) is 12.8 Å². The average Bonchev–Trinajstić information content (AvgIpc) is 2.82. The van der Waals surface area contributed by atoms with Crippen LogP contribution in [0.25, 0.3) is 0 Å². The highest BCUT2D eigenvalue weighted by molar-refractivity contribution is 6.30. The number of benzene rings is 1. The number of anilines is 1. The first-order chi connectivity index (χ1) is 9.47. The number of hydrogen-bond acceptors (Lipinski definition) is 4. The highest BCUT2D eigenvalue weighted by Crippen LogP contribution is 2.22. The van der Waals surface area contributed by atoms with Gasteiger partial charge >= 0.3 is 0 Å². The molecular formula is C13H16ClN5O. The van der Waals surface area contributed by atoms with Crippen molar-refractivity contribution in [1.82, 2.24) is 19.7 Å². The molecule has 1 aromatic heterocycles. The molecule has 1 aromatic carbocycles. The van der Waals surface area contributed by atoms with Crippen LogP contribution in [0.15, 0.2) is 30.6 Å². The van der Waals surface area contributed by atoms with Crippen molar-refractivity contribution < 1.29 is 4.79 Å². The zero-order valence-electron chi connectivity index (χ0n) is 11.3. The van der Waals surface area contributed by atoms with Gasteiger partial charge in [-0.2, -0.15) is 0 Å². The van der Waals surface area contributed by atoms with Gasteiger partial charge in [-0.05, 0) is 24.6 Å². The molecule has 0 radical (unpaired) electrons. The summed E-state index contributed by atoms with van der Waals surface area (Å²) in [4.78, 5) is 17.6. The van der Waals surface area contributed by atoms with Crippen molar-refractivity contribution in [1.29, 1.82) is 0 Å². The summed E-state index contributed by atoms with van der Waals surface area (Å²) in [5, 5.41) is 4.55. The maximum Gasteiger partial charge on any atom is 0.244 e. The number of nitrogen functional groups attached to an aromatic ring is 1. The lowest BCUT2D eigenvalue weighted by molar-refractivity contribution is -0.132. The van der Waals surface area contributed by atoms with Crippen LogP contribution in [0.5, 0.6) is 0 Å². The van der Waals surface area contributed by atoms with E-state index in [9.17, 15) is 4.79 Å². The molecule has 0 aliphatic heterocycles. The van der Waals surface area contributed by atoms with E-state index in [2.05, 4.69) is 10.1 Å². The Morgan fingerprint density at radius 3 is 2.90 bits per heavy atom. The number of carbonyl (C=O) groups is 1. The second-order valence-electron chi connectivity index (χ2n) is 4.54. The summed E-state index contributed by atoms with van der Waals surface area (Å²) < 4.78 is 1.42. The standard InChI is InChI=1S/C13H16ClN5O/c1-9(10-4-3-5-11(14)6-10)18(2)12(20)7-19-8-16-13(15)17-19/h3-6,8-9H,7H2,1-2H3,(H2,15,17). The van der Waals surface area contributed by atoms with E-state index in [0.29, 0.717) is 5.02 Å². The zero-order chi connectivity index (χ0) is 14.7. The van der Waals surface area contributed by atoms with Crippen LogP contribution in [0.2, 0.25) is 5.02 Å². The predicted octanol–water partition coefficient (Wildman–Crippen LogP) is 1.73. The molecule has 2 aromatic rings. The summed E-state index contributed by atoms with van der Waals surface area (Å²) >= 11 is 5.97. The summed E-state index contributed by atoms with van der Waals surface area (Å²) in [6, 6.07) is 7.38. The number of halogens is 1. The smallest absolute Gasteiger partial charge is 0.244 e. The number of nitrogens with two attached hydrogens (primary N) is 1. The molecule has 0 spiro atoms. The highest BCUT2D eigenvalue weighted by Gasteiger charge is 2.18. The zero-order valence-corrected chi connectivity index (χ0v) is 12.1. The number of carbonyl (C=O) groups excluding carboxylic acids is 1. The third kappa shape index (κ3) is 3.27. The molecule has 20 heavy (non-hydrogen) atoms. The summed E-state index contributed by atoms with van der Waals surface area (Å²) in [6.07, 6.45) is 1.44. The summed E-state index contributed by atoms with van der Waals surface area (Å²) in [5.41, 5.74) is 6.39. The first-order valence-electron chi connectivity index (χ1n) is 6.13. The Hall–Kier alpha value is -2.08. The molecule has 0 aliphatic carbocycles. The lowest BCUT2D eigenvalue weighted by atomic mass is 10.1. The fourth-order valence-corrected chi connectivity index (χ4v) is 2.04. The maximum absolute atomic E-state index is 12.2. The van der Waals surface area contributed by atoms with Gasteiger partial charge in [-0.25, -0.2) is 9.67 Å². The van der Waals surface area contributed by atoms with Crippen molar-refractivity contribution in [3.05, 3.63) is 41.2 Å². The Bertz CT molecular complexity index is 612. The van der Waals surface area contributed by atoms with Crippen molar-refractivity contribution in [3.63, 3.8) is 0 Å². The molecule has 7 heteroatoms. The van der Waals surface area contributed by atoms with Crippen LogP contribution >= 0.6 is 11.6 Å². The molecule has 1 heterocycles. The second kappa shape index (κ2) is 5.92. The van der Waals surface area contributed by atoms with E-state index in [1.54, 1.807) is 18.0 Å². The van der Waals surface area contributed by atoms with E-state index in [-0.39, 0.29) is 24.4 Å². The Morgan fingerprint density at radius 1 is 1.55 bits per heavy atom. The van der Waals surface area contributed by atoms with E-state index in [1.165, 1.54) is 11.0 Å². The van der Waals surface area contributed by atoms with Crippen molar-refractivity contribution in [2.24, 2.45) is 0 Å². The van der Waals surface area contributed by atoms with Gasteiger partial charge < -0.3 is 10.6 Å². The molecule has 1 amide bonds. The molecule has 106 valence electrons. The number of nitrogens with zero attached hydrogens (tertiary/aromatic N) is 4. The van der Waals surface area contributed by atoms with E-state index < -0.39 is 0 Å². The lowest BCUT2D eigenvalue weighted by Crippen LogP contribution is -2.32. The van der Waals surface area contributed by atoms with Crippen molar-refractivity contribution >= 4 is 23.5 Å². The summed E-state index contributed by atoms with van der Waals surface area (Å²) in [7, 11) is 1.74. The van der Waals surface area contributed by atoms with Crippen molar-refractivity contribution in [3.8, 4) is 0 Å². The number of rotatable bonds is 4. The average molecular weight is 294 g/mol.